The minimum atomic E-state index is -0.593. The Hall–Kier alpha value is -3.09. The zero-order valence-corrected chi connectivity index (χ0v) is 20.0. The topological polar surface area (TPSA) is 67.9 Å². The van der Waals surface area contributed by atoms with Crippen molar-refractivity contribution in [2.45, 2.75) is 58.5 Å². The summed E-state index contributed by atoms with van der Waals surface area (Å²) in [5.41, 5.74) is 1.71. The van der Waals surface area contributed by atoms with Crippen LogP contribution in [0.1, 0.15) is 50.7 Å². The molecule has 0 aliphatic carbocycles. The maximum Gasteiger partial charge on any atom is 0.242 e. The molecule has 1 unspecified atom stereocenters. The number of aryl methyl sites for hydroxylation is 1. The van der Waals surface area contributed by atoms with Crippen LogP contribution in [0.25, 0.3) is 0 Å². The number of hydrogen-bond acceptors (Lipinski definition) is 4. The number of carbonyl (C=O) groups excluding carboxylic acids is 2. The highest BCUT2D eigenvalue weighted by Crippen LogP contribution is 2.28. The molecule has 180 valence electrons. The van der Waals surface area contributed by atoms with Crippen molar-refractivity contribution in [1.82, 2.24) is 10.2 Å². The number of rotatable bonds is 13. The fraction of sp³-hybridized carbons (Fsp3) is 0.462. The van der Waals surface area contributed by atoms with Gasteiger partial charge >= 0.3 is 0 Å². The van der Waals surface area contributed by atoms with Crippen LogP contribution in [-0.2, 0) is 22.6 Å². The molecule has 0 aliphatic rings. The van der Waals surface area contributed by atoms with Crippen molar-refractivity contribution in [1.29, 1.82) is 0 Å². The Bertz CT molecular complexity index is 902. The molecule has 0 saturated carbocycles. The highest BCUT2D eigenvalue weighted by Gasteiger charge is 2.28. The fourth-order valence-corrected chi connectivity index (χ4v) is 3.64. The minimum absolute atomic E-state index is 0.133. The number of hydrogen-bond donors (Lipinski definition) is 1. The zero-order valence-electron chi connectivity index (χ0n) is 20.0. The number of ether oxygens (including phenoxy) is 2. The second-order valence-corrected chi connectivity index (χ2v) is 7.91. The summed E-state index contributed by atoms with van der Waals surface area (Å²) in [6.07, 6.45) is 3.07. The van der Waals surface area contributed by atoms with Crippen LogP contribution in [0.5, 0.6) is 11.5 Å². The highest BCUT2D eigenvalue weighted by atomic mass is 19.1. The van der Waals surface area contributed by atoms with Crippen LogP contribution in [0, 0.1) is 5.82 Å². The number of amides is 2. The fourth-order valence-electron chi connectivity index (χ4n) is 3.64. The first-order valence-corrected chi connectivity index (χ1v) is 11.5. The Morgan fingerprint density at radius 3 is 2.27 bits per heavy atom. The zero-order chi connectivity index (χ0) is 24.2. The van der Waals surface area contributed by atoms with Gasteiger partial charge in [-0.1, -0.05) is 38.5 Å². The third kappa shape index (κ3) is 7.77. The van der Waals surface area contributed by atoms with E-state index in [0.717, 1.165) is 24.0 Å². The average Bonchev–Trinajstić information content (AvgIpc) is 2.83. The predicted molar refractivity (Wildman–Crippen MR) is 127 cm³/mol. The summed E-state index contributed by atoms with van der Waals surface area (Å²) < 4.78 is 24.0. The van der Waals surface area contributed by atoms with Crippen molar-refractivity contribution in [2.24, 2.45) is 0 Å². The van der Waals surface area contributed by atoms with Gasteiger partial charge in [0.2, 0.25) is 11.8 Å². The number of carbonyl (C=O) groups is 2. The van der Waals surface area contributed by atoms with Crippen LogP contribution in [0.2, 0.25) is 0 Å². The molecule has 0 fully saturated rings. The van der Waals surface area contributed by atoms with E-state index in [9.17, 15) is 14.0 Å². The summed E-state index contributed by atoms with van der Waals surface area (Å²) in [7, 11) is 3.14. The monoisotopic (exact) mass is 458 g/mol. The molecule has 0 aliphatic heterocycles. The molecule has 1 N–H and O–H groups in total. The van der Waals surface area contributed by atoms with E-state index in [1.54, 1.807) is 31.3 Å². The molecule has 6 nitrogen and oxygen atoms in total. The molecule has 2 amide bonds. The van der Waals surface area contributed by atoms with Crippen LogP contribution in [0.3, 0.4) is 0 Å². The van der Waals surface area contributed by atoms with Crippen molar-refractivity contribution in [3.63, 3.8) is 0 Å². The molecular formula is C26H35FN2O4. The van der Waals surface area contributed by atoms with E-state index in [0.29, 0.717) is 30.9 Å². The summed E-state index contributed by atoms with van der Waals surface area (Å²) in [5, 5.41) is 2.94. The summed E-state index contributed by atoms with van der Waals surface area (Å²) in [6.45, 7) is 4.77. The van der Waals surface area contributed by atoms with Crippen molar-refractivity contribution in [3.05, 3.63) is 59.4 Å². The minimum Gasteiger partial charge on any atom is -0.493 e. The first-order chi connectivity index (χ1) is 15.9. The number of nitrogens with zero attached hydrogens (tertiary/aromatic N) is 1. The highest BCUT2D eigenvalue weighted by molar-refractivity contribution is 5.87. The molecule has 1 atom stereocenters. The molecule has 0 spiro atoms. The van der Waals surface area contributed by atoms with E-state index in [-0.39, 0.29) is 30.6 Å². The number of nitrogens with one attached hydrogen (secondary N) is 1. The van der Waals surface area contributed by atoms with Gasteiger partial charge in [0.15, 0.2) is 11.5 Å². The molecule has 2 aromatic rings. The number of halogens is 1. The second kappa shape index (κ2) is 13.5. The lowest BCUT2D eigenvalue weighted by Crippen LogP contribution is -2.49. The molecule has 0 saturated heterocycles. The van der Waals surface area contributed by atoms with Gasteiger partial charge in [-0.15, -0.1) is 0 Å². The van der Waals surface area contributed by atoms with E-state index in [1.165, 1.54) is 12.1 Å². The van der Waals surface area contributed by atoms with Crippen LogP contribution in [0.4, 0.5) is 4.39 Å². The van der Waals surface area contributed by atoms with Crippen LogP contribution in [0.15, 0.2) is 42.5 Å². The molecule has 0 bridgehead atoms. The predicted octanol–water partition coefficient (Wildman–Crippen LogP) is 4.50. The van der Waals surface area contributed by atoms with Gasteiger partial charge in [-0.05, 0) is 54.7 Å². The molecule has 0 radical (unpaired) electrons. The lowest BCUT2D eigenvalue weighted by molar-refractivity contribution is -0.141. The lowest BCUT2D eigenvalue weighted by atomic mass is 10.1. The Kier molecular flexibility index (Phi) is 10.7. The lowest BCUT2D eigenvalue weighted by Gasteiger charge is -2.31. The van der Waals surface area contributed by atoms with Gasteiger partial charge < -0.3 is 19.7 Å². The summed E-state index contributed by atoms with van der Waals surface area (Å²) in [6, 6.07) is 11.0. The molecule has 2 rings (SSSR count). The molecule has 2 aromatic carbocycles. The SMILES string of the molecule is CCCCNC(=O)C(CC)N(Cc1ccc(F)cc1)C(=O)CCc1ccc(OC)c(OC)c1. The third-order valence-corrected chi connectivity index (χ3v) is 5.56. The van der Waals surface area contributed by atoms with Gasteiger partial charge in [-0.3, -0.25) is 9.59 Å². The van der Waals surface area contributed by atoms with Crippen LogP contribution >= 0.6 is 0 Å². The van der Waals surface area contributed by atoms with E-state index in [2.05, 4.69) is 12.2 Å². The number of benzene rings is 2. The molecule has 0 heterocycles. The smallest absolute Gasteiger partial charge is 0.242 e. The molecule has 33 heavy (non-hydrogen) atoms. The standard InChI is InChI=1S/C26H35FN2O4/c1-5-7-16-28-26(31)22(6-2)29(18-20-8-12-21(27)13-9-20)25(30)15-11-19-10-14-23(32-3)24(17-19)33-4/h8-10,12-14,17,22H,5-7,11,15-16,18H2,1-4H3,(H,28,31). The van der Waals surface area contributed by atoms with Crippen molar-refractivity contribution < 1.29 is 23.5 Å². The largest absolute Gasteiger partial charge is 0.493 e. The van der Waals surface area contributed by atoms with Gasteiger partial charge in [0.05, 0.1) is 14.2 Å². The third-order valence-electron chi connectivity index (χ3n) is 5.56. The van der Waals surface area contributed by atoms with Gasteiger partial charge in [0.1, 0.15) is 11.9 Å². The van der Waals surface area contributed by atoms with Crippen molar-refractivity contribution in [2.75, 3.05) is 20.8 Å². The Labute approximate surface area is 196 Å². The Morgan fingerprint density at radius 1 is 1.00 bits per heavy atom. The first kappa shape index (κ1) is 26.2. The maximum absolute atomic E-state index is 13.4. The van der Waals surface area contributed by atoms with Gasteiger partial charge in [0.25, 0.3) is 0 Å². The Morgan fingerprint density at radius 2 is 1.67 bits per heavy atom. The van der Waals surface area contributed by atoms with Crippen LogP contribution in [-0.4, -0.2) is 43.5 Å². The van der Waals surface area contributed by atoms with Crippen molar-refractivity contribution in [3.8, 4) is 11.5 Å². The van der Waals surface area contributed by atoms with E-state index < -0.39 is 6.04 Å². The summed E-state index contributed by atoms with van der Waals surface area (Å²) in [5.74, 6) is 0.598. The van der Waals surface area contributed by atoms with Crippen LogP contribution < -0.4 is 14.8 Å². The summed E-state index contributed by atoms with van der Waals surface area (Å²) >= 11 is 0. The Balaban J connectivity index is 2.19. The molecule has 0 aromatic heterocycles. The molecule has 7 heteroatoms. The van der Waals surface area contributed by atoms with Gasteiger partial charge in [-0.2, -0.15) is 0 Å². The van der Waals surface area contributed by atoms with E-state index in [1.807, 2.05) is 25.1 Å². The van der Waals surface area contributed by atoms with E-state index >= 15 is 0 Å². The normalized spacial score (nSPS) is 11.5. The quantitative estimate of drug-likeness (QED) is 0.449. The average molecular weight is 459 g/mol. The number of methoxy groups -OCH3 is 2. The first-order valence-electron chi connectivity index (χ1n) is 11.5. The van der Waals surface area contributed by atoms with E-state index in [4.69, 9.17) is 9.47 Å². The second-order valence-electron chi connectivity index (χ2n) is 7.91. The number of unbranched alkanes of at least 4 members (excludes halogenated alkanes) is 1. The van der Waals surface area contributed by atoms with Gasteiger partial charge in [0, 0.05) is 19.5 Å². The summed E-state index contributed by atoms with van der Waals surface area (Å²) in [4.78, 5) is 27.8. The van der Waals surface area contributed by atoms with Gasteiger partial charge in [-0.25, -0.2) is 4.39 Å². The maximum atomic E-state index is 13.4. The molecular weight excluding hydrogens is 423 g/mol. The van der Waals surface area contributed by atoms with Crippen molar-refractivity contribution >= 4 is 11.8 Å².